The van der Waals surface area contributed by atoms with Crippen LogP contribution in [-0.4, -0.2) is 54.4 Å². The van der Waals surface area contributed by atoms with Gasteiger partial charge in [-0.15, -0.1) is 0 Å². The summed E-state index contributed by atoms with van der Waals surface area (Å²) in [5, 5.41) is 11.6. The maximum Gasteiger partial charge on any atom is 0.339 e. The highest BCUT2D eigenvalue weighted by molar-refractivity contribution is 6.25. The van der Waals surface area contributed by atoms with Crippen LogP contribution in [-0.2, 0) is 19.1 Å². The molecule has 0 bridgehead atoms. The molecule has 158 valence electrons. The SMILES string of the molecule is COC(=O)c1ccccc1NC(=O)CN1N=N[C@H]2C(=O)N(c3ccc(C)cc3)C(=O)[C@H]21. The highest BCUT2D eigenvalue weighted by atomic mass is 16.5. The first kappa shape index (κ1) is 20.2. The van der Waals surface area contributed by atoms with E-state index in [-0.39, 0.29) is 17.8 Å². The van der Waals surface area contributed by atoms with Crippen molar-refractivity contribution in [3.63, 3.8) is 0 Å². The van der Waals surface area contributed by atoms with Crippen molar-refractivity contribution >= 4 is 35.1 Å². The molecule has 4 rings (SSSR count). The summed E-state index contributed by atoms with van der Waals surface area (Å²) in [6.07, 6.45) is 0. The first-order valence-corrected chi connectivity index (χ1v) is 9.50. The molecule has 3 amide bonds. The van der Waals surface area contributed by atoms with Crippen molar-refractivity contribution in [1.82, 2.24) is 5.01 Å². The van der Waals surface area contributed by atoms with Gasteiger partial charge < -0.3 is 10.1 Å². The molecule has 0 spiro atoms. The number of methoxy groups -OCH3 is 1. The predicted octanol–water partition coefficient (Wildman–Crippen LogP) is 1.71. The molecule has 1 N–H and O–H groups in total. The van der Waals surface area contributed by atoms with Crippen LogP contribution >= 0.6 is 0 Å². The maximum absolute atomic E-state index is 13.0. The Bertz CT molecular complexity index is 1100. The molecule has 2 heterocycles. The molecule has 2 aliphatic rings. The number of carbonyl (C=O) groups is 4. The Morgan fingerprint density at radius 3 is 2.48 bits per heavy atom. The summed E-state index contributed by atoms with van der Waals surface area (Å²) in [6, 6.07) is 11.4. The zero-order valence-corrected chi connectivity index (χ0v) is 16.8. The van der Waals surface area contributed by atoms with E-state index in [0.717, 1.165) is 10.5 Å². The van der Waals surface area contributed by atoms with E-state index in [4.69, 9.17) is 4.74 Å². The number of aryl methyl sites for hydroxylation is 1. The van der Waals surface area contributed by atoms with Crippen molar-refractivity contribution < 1.29 is 23.9 Å². The van der Waals surface area contributed by atoms with E-state index >= 15 is 0 Å². The molecule has 0 radical (unpaired) electrons. The zero-order chi connectivity index (χ0) is 22.1. The van der Waals surface area contributed by atoms with Crippen LogP contribution in [0.3, 0.4) is 0 Å². The lowest BCUT2D eigenvalue weighted by Gasteiger charge is -2.20. The third-order valence-corrected chi connectivity index (χ3v) is 5.06. The number of anilines is 2. The molecular weight excluding hydrogens is 402 g/mol. The second kappa shape index (κ2) is 7.98. The molecule has 1 saturated heterocycles. The van der Waals surface area contributed by atoms with Gasteiger partial charge in [-0.05, 0) is 31.2 Å². The summed E-state index contributed by atoms with van der Waals surface area (Å²) in [5.41, 5.74) is 1.90. The summed E-state index contributed by atoms with van der Waals surface area (Å²) < 4.78 is 4.71. The molecule has 0 aliphatic carbocycles. The smallest absolute Gasteiger partial charge is 0.339 e. The maximum atomic E-state index is 13.0. The molecule has 10 heteroatoms. The molecular formula is C21H19N5O5. The van der Waals surface area contributed by atoms with Gasteiger partial charge in [-0.3, -0.25) is 19.4 Å². The number of para-hydroxylation sites is 1. The zero-order valence-electron chi connectivity index (χ0n) is 16.8. The lowest BCUT2D eigenvalue weighted by atomic mass is 10.1. The number of carbonyl (C=O) groups excluding carboxylic acids is 4. The van der Waals surface area contributed by atoms with Gasteiger partial charge in [-0.1, -0.05) is 35.1 Å². The monoisotopic (exact) mass is 421 g/mol. The average molecular weight is 421 g/mol. The van der Waals surface area contributed by atoms with Crippen molar-refractivity contribution in [1.29, 1.82) is 0 Å². The van der Waals surface area contributed by atoms with Crippen LogP contribution in [0.5, 0.6) is 0 Å². The fraction of sp³-hybridized carbons (Fsp3) is 0.238. The molecule has 0 aromatic heterocycles. The van der Waals surface area contributed by atoms with E-state index < -0.39 is 35.8 Å². The first-order chi connectivity index (χ1) is 14.9. The summed E-state index contributed by atoms with van der Waals surface area (Å²) >= 11 is 0. The van der Waals surface area contributed by atoms with E-state index in [9.17, 15) is 19.2 Å². The van der Waals surface area contributed by atoms with Gasteiger partial charge in [0.1, 0.15) is 6.54 Å². The average Bonchev–Trinajstić information content (AvgIpc) is 3.28. The molecule has 2 aliphatic heterocycles. The second-order valence-electron chi connectivity index (χ2n) is 7.12. The van der Waals surface area contributed by atoms with Crippen molar-refractivity contribution in [2.75, 3.05) is 23.9 Å². The minimum atomic E-state index is -0.996. The Hall–Kier alpha value is -4.08. The number of benzene rings is 2. The standard InChI is InChI=1S/C21H19N5O5/c1-12-7-9-13(10-8-12)26-19(28)17-18(20(26)29)25(24-23-17)11-16(27)22-15-6-4-3-5-14(15)21(30)31-2/h3-10,17-18H,11H2,1-2H3,(H,22,27)/t17-,18+/m1/s1. The highest BCUT2D eigenvalue weighted by Crippen LogP contribution is 2.32. The minimum absolute atomic E-state index is 0.192. The van der Waals surface area contributed by atoms with E-state index in [1.54, 1.807) is 42.5 Å². The van der Waals surface area contributed by atoms with Gasteiger partial charge in [0, 0.05) is 0 Å². The molecule has 10 nitrogen and oxygen atoms in total. The molecule has 2 aromatic rings. The lowest BCUT2D eigenvalue weighted by molar-refractivity contribution is -0.123. The summed E-state index contributed by atoms with van der Waals surface area (Å²) in [5.74, 6) is -2.10. The van der Waals surface area contributed by atoms with Crippen LogP contribution in [0.2, 0.25) is 0 Å². The van der Waals surface area contributed by atoms with Gasteiger partial charge in [-0.25, -0.2) is 9.69 Å². The van der Waals surface area contributed by atoms with Crippen LogP contribution in [0.25, 0.3) is 0 Å². The van der Waals surface area contributed by atoms with Crippen molar-refractivity contribution in [2.45, 2.75) is 19.0 Å². The Morgan fingerprint density at radius 1 is 1.06 bits per heavy atom. The first-order valence-electron chi connectivity index (χ1n) is 9.50. The van der Waals surface area contributed by atoms with Crippen LogP contribution in [0.1, 0.15) is 15.9 Å². The minimum Gasteiger partial charge on any atom is -0.465 e. The Kier molecular flexibility index (Phi) is 5.20. The van der Waals surface area contributed by atoms with E-state index in [2.05, 4.69) is 15.7 Å². The van der Waals surface area contributed by atoms with Crippen LogP contribution in [0.4, 0.5) is 11.4 Å². The number of hydrogen-bond donors (Lipinski definition) is 1. The number of amides is 3. The quantitative estimate of drug-likeness (QED) is 0.580. The number of esters is 1. The van der Waals surface area contributed by atoms with Crippen molar-refractivity contribution in [3.05, 3.63) is 59.7 Å². The van der Waals surface area contributed by atoms with Gasteiger partial charge in [0.25, 0.3) is 11.8 Å². The number of nitrogens with one attached hydrogen (secondary N) is 1. The number of imide groups is 1. The number of fused-ring (bicyclic) bond motifs is 1. The Morgan fingerprint density at radius 2 is 1.77 bits per heavy atom. The summed E-state index contributed by atoms with van der Waals surface area (Å²) in [7, 11) is 1.24. The third-order valence-electron chi connectivity index (χ3n) is 5.06. The van der Waals surface area contributed by atoms with E-state index in [1.165, 1.54) is 18.2 Å². The molecule has 1 fully saturated rings. The number of ether oxygens (including phenoxy) is 1. The fourth-order valence-corrected chi connectivity index (χ4v) is 3.52. The summed E-state index contributed by atoms with van der Waals surface area (Å²) in [6.45, 7) is 1.58. The van der Waals surface area contributed by atoms with Gasteiger partial charge >= 0.3 is 5.97 Å². The van der Waals surface area contributed by atoms with Gasteiger partial charge in [0.2, 0.25) is 5.91 Å². The van der Waals surface area contributed by atoms with Crippen LogP contribution in [0, 0.1) is 6.92 Å². The van der Waals surface area contributed by atoms with Crippen LogP contribution < -0.4 is 10.2 Å². The highest BCUT2D eigenvalue weighted by Gasteiger charge is 2.55. The van der Waals surface area contributed by atoms with Gasteiger partial charge in [-0.2, -0.15) is 5.11 Å². The molecule has 0 unspecified atom stereocenters. The fourth-order valence-electron chi connectivity index (χ4n) is 3.52. The number of rotatable bonds is 5. The lowest BCUT2D eigenvalue weighted by Crippen LogP contribution is -2.43. The van der Waals surface area contributed by atoms with E-state index in [0.29, 0.717) is 5.69 Å². The van der Waals surface area contributed by atoms with Crippen molar-refractivity contribution in [3.8, 4) is 0 Å². The van der Waals surface area contributed by atoms with E-state index in [1.807, 2.05) is 6.92 Å². The number of hydrogen-bond acceptors (Lipinski definition) is 8. The molecule has 2 atom stereocenters. The topological polar surface area (TPSA) is 121 Å². The summed E-state index contributed by atoms with van der Waals surface area (Å²) in [4.78, 5) is 51.2. The number of nitrogens with zero attached hydrogens (tertiary/aromatic N) is 4. The van der Waals surface area contributed by atoms with Gasteiger partial charge in [0.15, 0.2) is 12.1 Å². The normalized spacial score (nSPS) is 19.5. The molecule has 0 saturated carbocycles. The molecule has 2 aromatic carbocycles. The third kappa shape index (κ3) is 3.63. The van der Waals surface area contributed by atoms with Crippen LogP contribution in [0.15, 0.2) is 58.9 Å². The second-order valence-corrected chi connectivity index (χ2v) is 7.12. The Labute approximate surface area is 177 Å². The predicted molar refractivity (Wildman–Crippen MR) is 109 cm³/mol. The largest absolute Gasteiger partial charge is 0.465 e. The van der Waals surface area contributed by atoms with Gasteiger partial charge in [0.05, 0.1) is 24.0 Å². The van der Waals surface area contributed by atoms with Crippen molar-refractivity contribution in [2.24, 2.45) is 10.3 Å². The Balaban J connectivity index is 1.49. The molecule has 31 heavy (non-hydrogen) atoms.